The zero-order valence-corrected chi connectivity index (χ0v) is 11.5. The maximum atomic E-state index is 12.7. The highest BCUT2D eigenvalue weighted by atomic mass is 16.5. The first kappa shape index (κ1) is 12.7. The zero-order chi connectivity index (χ0) is 14.8. The highest BCUT2D eigenvalue weighted by molar-refractivity contribution is 6.23. The molecule has 0 saturated carbocycles. The Balaban J connectivity index is 1.77. The third-order valence-electron chi connectivity index (χ3n) is 4.69. The molecule has 21 heavy (non-hydrogen) atoms. The number of amides is 2. The molecular formula is C16H15NO4. The lowest BCUT2D eigenvalue weighted by atomic mass is 9.77. The number of nitrogens with zero attached hydrogens (tertiary/aromatic N) is 1. The second kappa shape index (κ2) is 4.02. The Morgan fingerprint density at radius 3 is 2.62 bits per heavy atom. The van der Waals surface area contributed by atoms with Crippen molar-refractivity contribution in [3.63, 3.8) is 0 Å². The summed E-state index contributed by atoms with van der Waals surface area (Å²) < 4.78 is 5.69. The number of carbonyl (C=O) groups is 2. The number of fused-ring (bicyclic) bond motifs is 5. The summed E-state index contributed by atoms with van der Waals surface area (Å²) in [6.45, 7) is 1.66. The Kier molecular flexibility index (Phi) is 2.44. The van der Waals surface area contributed by atoms with Gasteiger partial charge in [0.1, 0.15) is 5.60 Å². The van der Waals surface area contributed by atoms with Crippen molar-refractivity contribution in [2.75, 3.05) is 11.5 Å². The highest BCUT2D eigenvalue weighted by Gasteiger charge is 2.67. The summed E-state index contributed by atoms with van der Waals surface area (Å²) in [6.07, 6.45) is 3.10. The predicted molar refractivity (Wildman–Crippen MR) is 74.5 cm³/mol. The van der Waals surface area contributed by atoms with E-state index in [9.17, 15) is 14.7 Å². The first-order valence-corrected chi connectivity index (χ1v) is 7.00. The van der Waals surface area contributed by atoms with Crippen molar-refractivity contribution in [2.24, 2.45) is 11.8 Å². The molecule has 2 bridgehead atoms. The highest BCUT2D eigenvalue weighted by Crippen LogP contribution is 2.52. The van der Waals surface area contributed by atoms with Crippen LogP contribution in [0, 0.1) is 18.8 Å². The van der Waals surface area contributed by atoms with Gasteiger partial charge in [0.25, 0.3) is 0 Å². The van der Waals surface area contributed by atoms with Crippen molar-refractivity contribution in [2.45, 2.75) is 18.6 Å². The Bertz CT molecular complexity index is 665. The number of imide groups is 1. The summed E-state index contributed by atoms with van der Waals surface area (Å²) in [5.41, 5.74) is 0.619. The molecule has 1 N–H and O–H groups in total. The van der Waals surface area contributed by atoms with Gasteiger partial charge in [-0.3, -0.25) is 9.59 Å². The molecule has 4 rings (SSSR count). The number of anilines is 1. The lowest BCUT2D eigenvalue weighted by molar-refractivity contribution is -0.128. The molecule has 0 aromatic heterocycles. The molecule has 1 aromatic carbocycles. The molecule has 1 aromatic rings. The molecule has 3 heterocycles. The minimum atomic E-state index is -1.03. The average Bonchev–Trinajstić information content (AvgIpc) is 3.12. The lowest BCUT2D eigenvalue weighted by Gasteiger charge is -2.26. The maximum Gasteiger partial charge on any atom is 0.241 e. The number of hydrogen-bond donors (Lipinski definition) is 1. The first-order chi connectivity index (χ1) is 10.1. The minimum absolute atomic E-state index is 0.237. The van der Waals surface area contributed by atoms with E-state index in [1.165, 1.54) is 4.90 Å². The topological polar surface area (TPSA) is 66.8 Å². The molecule has 0 unspecified atom stereocenters. The van der Waals surface area contributed by atoms with E-state index >= 15 is 0 Å². The van der Waals surface area contributed by atoms with E-state index < -0.39 is 23.5 Å². The summed E-state index contributed by atoms with van der Waals surface area (Å²) >= 11 is 0. The molecule has 2 amide bonds. The van der Waals surface area contributed by atoms with Crippen molar-refractivity contribution in [3.05, 3.63) is 42.0 Å². The molecule has 4 atom stereocenters. The van der Waals surface area contributed by atoms with E-state index in [0.29, 0.717) is 5.69 Å². The second-order valence-electron chi connectivity index (χ2n) is 5.91. The number of aliphatic hydroxyl groups excluding tert-OH is 1. The van der Waals surface area contributed by atoms with E-state index in [4.69, 9.17) is 4.74 Å². The molecule has 2 fully saturated rings. The number of aliphatic hydroxyl groups is 1. The smallest absolute Gasteiger partial charge is 0.241 e. The van der Waals surface area contributed by atoms with Crippen LogP contribution in [0.5, 0.6) is 0 Å². The molecule has 0 radical (unpaired) electrons. The number of benzene rings is 1. The van der Waals surface area contributed by atoms with E-state index in [-0.39, 0.29) is 18.4 Å². The number of rotatable bonds is 2. The van der Waals surface area contributed by atoms with Crippen LogP contribution < -0.4 is 4.90 Å². The molecule has 3 aliphatic heterocycles. The van der Waals surface area contributed by atoms with Crippen molar-refractivity contribution >= 4 is 17.5 Å². The summed E-state index contributed by atoms with van der Waals surface area (Å²) in [5.74, 6) is -1.66. The van der Waals surface area contributed by atoms with Gasteiger partial charge in [-0.05, 0) is 19.1 Å². The van der Waals surface area contributed by atoms with Gasteiger partial charge in [0.2, 0.25) is 11.8 Å². The van der Waals surface area contributed by atoms with Crippen LogP contribution in [0.2, 0.25) is 0 Å². The second-order valence-corrected chi connectivity index (χ2v) is 5.91. The molecule has 0 aliphatic carbocycles. The normalized spacial score (nSPS) is 36.7. The van der Waals surface area contributed by atoms with Gasteiger partial charge in [0.15, 0.2) is 0 Å². The average molecular weight is 285 g/mol. The minimum Gasteiger partial charge on any atom is -0.393 e. The van der Waals surface area contributed by atoms with Gasteiger partial charge in [0, 0.05) is 0 Å². The van der Waals surface area contributed by atoms with Gasteiger partial charge in [-0.15, -0.1) is 0 Å². The molecule has 5 heteroatoms. The third-order valence-corrected chi connectivity index (χ3v) is 4.69. The van der Waals surface area contributed by atoms with Crippen LogP contribution in [0.25, 0.3) is 0 Å². The van der Waals surface area contributed by atoms with Gasteiger partial charge in [-0.2, -0.15) is 0 Å². The Labute approximate surface area is 121 Å². The van der Waals surface area contributed by atoms with Crippen molar-refractivity contribution in [3.8, 4) is 0 Å². The summed E-state index contributed by atoms with van der Waals surface area (Å²) in [7, 11) is 0. The first-order valence-electron chi connectivity index (χ1n) is 7.00. The monoisotopic (exact) mass is 285 g/mol. The Hall–Kier alpha value is -1.98. The molecule has 108 valence electrons. The third kappa shape index (κ3) is 1.47. The van der Waals surface area contributed by atoms with Crippen LogP contribution in [0.15, 0.2) is 36.4 Å². The predicted octanol–water partition coefficient (Wildman–Crippen LogP) is 0.800. The number of aryl methyl sites for hydroxylation is 1. The van der Waals surface area contributed by atoms with Gasteiger partial charge < -0.3 is 9.84 Å². The molecule has 2 saturated heterocycles. The van der Waals surface area contributed by atoms with Crippen LogP contribution in [0.3, 0.4) is 0 Å². The van der Waals surface area contributed by atoms with Gasteiger partial charge in [-0.25, -0.2) is 4.90 Å². The maximum absolute atomic E-state index is 12.7. The van der Waals surface area contributed by atoms with Crippen molar-refractivity contribution in [1.82, 2.24) is 0 Å². The fourth-order valence-corrected chi connectivity index (χ4v) is 3.63. The van der Waals surface area contributed by atoms with E-state index in [1.807, 2.05) is 19.1 Å². The van der Waals surface area contributed by atoms with Gasteiger partial charge >= 0.3 is 0 Å². The zero-order valence-electron chi connectivity index (χ0n) is 11.5. The molecular weight excluding hydrogens is 270 g/mol. The molecule has 3 aliphatic rings. The summed E-state index contributed by atoms with van der Waals surface area (Å²) in [4.78, 5) is 26.6. The van der Waals surface area contributed by atoms with E-state index in [2.05, 4.69) is 0 Å². The quantitative estimate of drug-likeness (QED) is 0.645. The SMILES string of the molecule is Cc1ccc(N2C(=O)[C@H]3[C@@H]4C=C[C@@](CO)(O4)[C@@H]3C2=O)cc1. The van der Waals surface area contributed by atoms with Crippen molar-refractivity contribution < 1.29 is 19.4 Å². The fraction of sp³-hybridized carbons (Fsp3) is 0.375. The van der Waals surface area contributed by atoms with Crippen molar-refractivity contribution in [1.29, 1.82) is 0 Å². The summed E-state index contributed by atoms with van der Waals surface area (Å²) in [6, 6.07) is 7.28. The van der Waals surface area contributed by atoms with E-state index in [0.717, 1.165) is 5.56 Å². The molecule has 5 nitrogen and oxygen atoms in total. The van der Waals surface area contributed by atoms with Gasteiger partial charge in [-0.1, -0.05) is 29.8 Å². The van der Waals surface area contributed by atoms with Crippen LogP contribution >= 0.6 is 0 Å². The fourth-order valence-electron chi connectivity index (χ4n) is 3.63. The largest absolute Gasteiger partial charge is 0.393 e. The molecule has 0 spiro atoms. The Morgan fingerprint density at radius 1 is 1.24 bits per heavy atom. The number of ether oxygens (including phenoxy) is 1. The van der Waals surface area contributed by atoms with E-state index in [1.54, 1.807) is 24.3 Å². The Morgan fingerprint density at radius 2 is 1.95 bits per heavy atom. The van der Waals surface area contributed by atoms with Crippen LogP contribution in [-0.2, 0) is 14.3 Å². The number of carbonyl (C=O) groups excluding carboxylic acids is 2. The number of hydrogen-bond acceptors (Lipinski definition) is 4. The lowest BCUT2D eigenvalue weighted by Crippen LogP contribution is -2.43. The van der Waals surface area contributed by atoms with Crippen LogP contribution in [0.1, 0.15) is 5.56 Å². The van der Waals surface area contributed by atoms with Gasteiger partial charge in [0.05, 0.1) is 30.2 Å². The van der Waals surface area contributed by atoms with Crippen LogP contribution in [-0.4, -0.2) is 35.2 Å². The standard InChI is InChI=1S/C16H15NO4/c1-9-2-4-10(5-3-9)17-14(19)12-11-6-7-16(8-18,21-11)13(12)15(17)20/h2-7,11-13,18H,8H2,1H3/t11-,12-,13-,16-/m0/s1. The van der Waals surface area contributed by atoms with Crippen LogP contribution in [0.4, 0.5) is 5.69 Å². The summed E-state index contributed by atoms with van der Waals surface area (Å²) in [5, 5.41) is 9.63.